The van der Waals surface area contributed by atoms with E-state index in [-0.39, 0.29) is 11.7 Å². The first kappa shape index (κ1) is 9.82. The van der Waals surface area contributed by atoms with Crippen molar-refractivity contribution in [3.63, 3.8) is 0 Å². The minimum atomic E-state index is -0.677. The molecule has 0 saturated heterocycles. The van der Waals surface area contributed by atoms with Crippen molar-refractivity contribution in [2.45, 2.75) is 11.8 Å². The van der Waals surface area contributed by atoms with Crippen LogP contribution in [-0.4, -0.2) is 5.88 Å². The van der Waals surface area contributed by atoms with Crippen molar-refractivity contribution in [3.8, 4) is 0 Å². The third kappa shape index (κ3) is 2.11. The van der Waals surface area contributed by atoms with Crippen molar-refractivity contribution in [1.82, 2.24) is 0 Å². The molecule has 3 heteroatoms. The van der Waals surface area contributed by atoms with Crippen LogP contribution in [0.15, 0.2) is 24.3 Å². The number of benzene rings is 1. The summed E-state index contributed by atoms with van der Waals surface area (Å²) in [6.45, 7) is 1.76. The molecule has 12 heavy (non-hydrogen) atoms. The molecule has 66 valence electrons. The fourth-order valence-electron chi connectivity index (χ4n) is 0.890. The van der Waals surface area contributed by atoms with Crippen molar-refractivity contribution in [1.29, 1.82) is 0 Å². The van der Waals surface area contributed by atoms with Crippen molar-refractivity contribution in [2.75, 3.05) is 5.88 Å². The first-order chi connectivity index (χ1) is 5.56. The molecule has 1 unspecified atom stereocenters. The maximum absolute atomic E-state index is 12.7. The Balaban J connectivity index is 3.03. The third-order valence-corrected chi connectivity index (χ3v) is 2.70. The zero-order valence-corrected chi connectivity index (χ0v) is 8.16. The maximum Gasteiger partial charge on any atom is 0.123 e. The lowest BCUT2D eigenvalue weighted by Crippen LogP contribution is -2.15. The van der Waals surface area contributed by atoms with Gasteiger partial charge >= 0.3 is 0 Å². The summed E-state index contributed by atoms with van der Waals surface area (Å²) in [6, 6.07) is 6.16. The van der Waals surface area contributed by atoms with Gasteiger partial charge in [0.05, 0.1) is 4.87 Å². The summed E-state index contributed by atoms with van der Waals surface area (Å²) in [7, 11) is 0. The van der Waals surface area contributed by atoms with E-state index in [0.717, 1.165) is 0 Å². The SMILES string of the molecule is CC(Cl)(CCl)c1cccc(F)c1. The Labute approximate surface area is 81.3 Å². The Morgan fingerprint density at radius 2 is 2.17 bits per heavy atom. The third-order valence-electron chi connectivity index (χ3n) is 1.68. The second-order valence-corrected chi connectivity index (χ2v) is 3.94. The molecular formula is C9H9Cl2F. The summed E-state index contributed by atoms with van der Waals surface area (Å²) in [5.41, 5.74) is 0.708. The molecule has 0 saturated carbocycles. The van der Waals surface area contributed by atoms with Crippen LogP contribution in [0.4, 0.5) is 4.39 Å². The Morgan fingerprint density at radius 3 is 2.67 bits per heavy atom. The van der Waals surface area contributed by atoms with E-state index in [1.54, 1.807) is 19.1 Å². The van der Waals surface area contributed by atoms with Gasteiger partial charge in [-0.15, -0.1) is 23.2 Å². The highest BCUT2D eigenvalue weighted by atomic mass is 35.5. The second kappa shape index (κ2) is 3.63. The minimum absolute atomic E-state index is 0.262. The van der Waals surface area contributed by atoms with Crippen LogP contribution in [0.3, 0.4) is 0 Å². The molecule has 0 nitrogen and oxygen atoms in total. The van der Waals surface area contributed by atoms with E-state index >= 15 is 0 Å². The van der Waals surface area contributed by atoms with Crippen LogP contribution in [-0.2, 0) is 4.87 Å². The molecule has 0 spiro atoms. The summed E-state index contributed by atoms with van der Waals surface area (Å²) in [4.78, 5) is -0.677. The molecule has 1 rings (SSSR count). The van der Waals surface area contributed by atoms with Gasteiger partial charge in [-0.05, 0) is 24.6 Å². The standard InChI is InChI=1S/C9H9Cl2F/c1-9(11,6-10)7-3-2-4-8(12)5-7/h2-5H,6H2,1H3. The quantitative estimate of drug-likeness (QED) is 0.651. The van der Waals surface area contributed by atoms with E-state index in [2.05, 4.69) is 0 Å². The van der Waals surface area contributed by atoms with E-state index in [1.165, 1.54) is 12.1 Å². The number of alkyl halides is 2. The molecule has 0 aliphatic rings. The number of rotatable bonds is 2. The van der Waals surface area contributed by atoms with Crippen LogP contribution in [0.2, 0.25) is 0 Å². The zero-order chi connectivity index (χ0) is 9.19. The lowest BCUT2D eigenvalue weighted by atomic mass is 10.0. The van der Waals surface area contributed by atoms with Gasteiger partial charge in [0.1, 0.15) is 5.82 Å². The largest absolute Gasteiger partial charge is 0.207 e. The van der Waals surface area contributed by atoms with Crippen LogP contribution in [0.1, 0.15) is 12.5 Å². The number of hydrogen-bond acceptors (Lipinski definition) is 0. The van der Waals surface area contributed by atoms with Crippen molar-refractivity contribution >= 4 is 23.2 Å². The molecule has 1 aromatic carbocycles. The average molecular weight is 207 g/mol. The summed E-state index contributed by atoms with van der Waals surface area (Å²) in [5, 5.41) is 0. The van der Waals surface area contributed by atoms with E-state index in [0.29, 0.717) is 5.56 Å². The van der Waals surface area contributed by atoms with Gasteiger partial charge in [0.15, 0.2) is 0 Å². The molecule has 0 aliphatic heterocycles. The van der Waals surface area contributed by atoms with Crippen molar-refractivity contribution in [2.24, 2.45) is 0 Å². The molecule has 1 atom stereocenters. The normalized spacial score (nSPS) is 15.7. The Bertz CT molecular complexity index is 271. The van der Waals surface area contributed by atoms with Crippen molar-refractivity contribution in [3.05, 3.63) is 35.6 Å². The van der Waals surface area contributed by atoms with Crippen LogP contribution >= 0.6 is 23.2 Å². The van der Waals surface area contributed by atoms with Gasteiger partial charge in [0, 0.05) is 5.88 Å². The summed E-state index contributed by atoms with van der Waals surface area (Å²) < 4.78 is 12.7. The molecule has 0 aliphatic carbocycles. The zero-order valence-electron chi connectivity index (χ0n) is 6.65. The topological polar surface area (TPSA) is 0 Å². The Kier molecular flexibility index (Phi) is 2.97. The molecule has 0 aromatic heterocycles. The molecule has 0 fully saturated rings. The van der Waals surface area contributed by atoms with Crippen molar-refractivity contribution < 1.29 is 4.39 Å². The highest BCUT2D eigenvalue weighted by Gasteiger charge is 2.22. The van der Waals surface area contributed by atoms with Gasteiger partial charge in [0.2, 0.25) is 0 Å². The lowest BCUT2D eigenvalue weighted by Gasteiger charge is -2.18. The van der Waals surface area contributed by atoms with Gasteiger partial charge in [-0.25, -0.2) is 4.39 Å². The Hall–Kier alpha value is -0.270. The maximum atomic E-state index is 12.7. The van der Waals surface area contributed by atoms with Crippen LogP contribution in [0, 0.1) is 5.82 Å². The molecular weight excluding hydrogens is 198 g/mol. The number of hydrogen-bond donors (Lipinski definition) is 0. The lowest BCUT2D eigenvalue weighted by molar-refractivity contribution is 0.620. The molecule has 0 N–H and O–H groups in total. The van der Waals surface area contributed by atoms with E-state index in [9.17, 15) is 4.39 Å². The van der Waals surface area contributed by atoms with Crippen LogP contribution in [0.25, 0.3) is 0 Å². The van der Waals surface area contributed by atoms with Crippen LogP contribution in [0.5, 0.6) is 0 Å². The summed E-state index contributed by atoms with van der Waals surface area (Å²) in [5.74, 6) is -0.0256. The second-order valence-electron chi connectivity index (χ2n) is 2.84. The fourth-order valence-corrected chi connectivity index (χ4v) is 1.16. The molecule has 0 bridgehead atoms. The average Bonchev–Trinajstić information content (AvgIpc) is 2.05. The van der Waals surface area contributed by atoms with Gasteiger partial charge in [-0.3, -0.25) is 0 Å². The van der Waals surface area contributed by atoms with E-state index in [1.807, 2.05) is 0 Å². The van der Waals surface area contributed by atoms with Gasteiger partial charge in [0.25, 0.3) is 0 Å². The highest BCUT2D eigenvalue weighted by molar-refractivity contribution is 6.30. The van der Waals surface area contributed by atoms with Gasteiger partial charge < -0.3 is 0 Å². The van der Waals surface area contributed by atoms with E-state index < -0.39 is 4.87 Å². The first-order valence-corrected chi connectivity index (χ1v) is 4.48. The van der Waals surface area contributed by atoms with Gasteiger partial charge in [-0.2, -0.15) is 0 Å². The molecule has 0 amide bonds. The molecule has 0 radical (unpaired) electrons. The predicted molar refractivity (Wildman–Crippen MR) is 50.3 cm³/mol. The highest BCUT2D eigenvalue weighted by Crippen LogP contribution is 2.29. The molecule has 0 heterocycles. The Morgan fingerprint density at radius 1 is 1.50 bits per heavy atom. The van der Waals surface area contributed by atoms with Crippen LogP contribution < -0.4 is 0 Å². The smallest absolute Gasteiger partial charge is 0.123 e. The number of halogens is 3. The monoisotopic (exact) mass is 206 g/mol. The molecule has 1 aromatic rings. The minimum Gasteiger partial charge on any atom is -0.207 e. The van der Waals surface area contributed by atoms with E-state index in [4.69, 9.17) is 23.2 Å². The first-order valence-electron chi connectivity index (χ1n) is 3.57. The summed E-state index contributed by atoms with van der Waals surface area (Å²) in [6.07, 6.45) is 0. The predicted octanol–water partition coefficient (Wildman–Crippen LogP) is 3.52. The summed E-state index contributed by atoms with van der Waals surface area (Å²) >= 11 is 11.6. The van der Waals surface area contributed by atoms with Gasteiger partial charge in [-0.1, -0.05) is 12.1 Å². The fraction of sp³-hybridized carbons (Fsp3) is 0.333.